The van der Waals surface area contributed by atoms with Gasteiger partial charge in [-0.1, -0.05) is 6.07 Å². The van der Waals surface area contributed by atoms with Gasteiger partial charge in [-0.05, 0) is 43.4 Å². The summed E-state index contributed by atoms with van der Waals surface area (Å²) in [4.78, 5) is 11.6. The van der Waals surface area contributed by atoms with E-state index in [1.807, 2.05) is 0 Å². The number of carbonyl (C=O) groups is 1. The van der Waals surface area contributed by atoms with Crippen molar-refractivity contribution >= 4 is 5.91 Å². The average Bonchev–Trinajstić information content (AvgIpc) is 3.05. The molecule has 11 heteroatoms. The van der Waals surface area contributed by atoms with Gasteiger partial charge in [0, 0.05) is 0 Å². The van der Waals surface area contributed by atoms with E-state index in [-0.39, 0.29) is 23.2 Å². The first-order chi connectivity index (χ1) is 12.4. The highest BCUT2D eigenvalue weighted by molar-refractivity contribution is 5.88. The Balaban J connectivity index is 2.00. The summed E-state index contributed by atoms with van der Waals surface area (Å²) >= 11 is 0. The molecular formula is C16H21NO10. The first-order valence-electron chi connectivity index (χ1n) is 8.29. The second-order valence-electron chi connectivity index (χ2n) is 6.75. The van der Waals surface area contributed by atoms with Crippen LogP contribution in [0.1, 0.15) is 37.2 Å². The molecule has 1 aliphatic carbocycles. The van der Waals surface area contributed by atoms with Crippen molar-refractivity contribution in [2.75, 3.05) is 0 Å². The summed E-state index contributed by atoms with van der Waals surface area (Å²) < 4.78 is 10.3. The Hall–Kier alpha value is -1.99. The van der Waals surface area contributed by atoms with Gasteiger partial charge in [-0.25, -0.2) is 0 Å². The number of rotatable bonds is 5. The average molecular weight is 387 g/mol. The van der Waals surface area contributed by atoms with E-state index in [0.717, 1.165) is 31.0 Å². The topological polar surface area (TPSA) is 189 Å². The van der Waals surface area contributed by atoms with Crippen molar-refractivity contribution in [2.45, 2.75) is 55.6 Å². The van der Waals surface area contributed by atoms with Crippen LogP contribution < -0.4 is 14.8 Å². The maximum atomic E-state index is 11.6. The molecule has 1 saturated carbocycles. The van der Waals surface area contributed by atoms with Gasteiger partial charge in [0.2, 0.25) is 0 Å². The van der Waals surface area contributed by atoms with E-state index >= 15 is 0 Å². The highest BCUT2D eigenvalue weighted by atomic mass is 16.9. The highest BCUT2D eigenvalue weighted by Crippen LogP contribution is 2.43. The summed E-state index contributed by atoms with van der Waals surface area (Å²) in [6.07, 6.45) is -0.475. The van der Waals surface area contributed by atoms with Crippen molar-refractivity contribution in [3.8, 4) is 11.5 Å². The van der Waals surface area contributed by atoms with Crippen LogP contribution in [-0.4, -0.2) is 65.6 Å². The SMILES string of the molecule is O=C1NC(O)(O)C(c2ccc(OC(O)(O)O)c(OC3CCCC3)c2)C1(O)O. The van der Waals surface area contributed by atoms with Crippen molar-refractivity contribution in [3.05, 3.63) is 23.8 Å². The smallest absolute Gasteiger partial charge is 0.453 e. The standard InChI is InChI=1S/C16H21NO10/c18-13-14(19,20)12(15(21,22)17-13)8-5-6-10(27-16(23,24)25)11(7-8)26-9-3-1-2-4-9/h5-7,9,12,19-25H,1-4H2,(H,17,18). The van der Waals surface area contributed by atoms with E-state index < -0.39 is 29.7 Å². The summed E-state index contributed by atoms with van der Waals surface area (Å²) in [5, 5.41) is 68.7. The molecule has 1 amide bonds. The number of ether oxygens (including phenoxy) is 2. The molecule has 1 aliphatic heterocycles. The summed E-state index contributed by atoms with van der Waals surface area (Å²) in [6, 6.07) is 3.34. The van der Waals surface area contributed by atoms with Crippen LogP contribution in [0.25, 0.3) is 0 Å². The lowest BCUT2D eigenvalue weighted by molar-refractivity contribution is -0.419. The number of amides is 1. The quantitative estimate of drug-likeness (QED) is 0.251. The number of hydrogen-bond acceptors (Lipinski definition) is 10. The molecule has 0 aromatic heterocycles. The first kappa shape index (κ1) is 19.8. The fraction of sp³-hybridized carbons (Fsp3) is 0.562. The van der Waals surface area contributed by atoms with Gasteiger partial charge in [0.25, 0.3) is 17.6 Å². The number of aliphatic hydroxyl groups is 7. The Labute approximate surface area is 153 Å². The lowest BCUT2D eigenvalue weighted by Gasteiger charge is -2.28. The van der Waals surface area contributed by atoms with E-state index in [9.17, 15) is 25.2 Å². The van der Waals surface area contributed by atoms with Gasteiger partial charge in [-0.2, -0.15) is 0 Å². The van der Waals surface area contributed by atoms with Crippen LogP contribution >= 0.6 is 0 Å². The minimum atomic E-state index is -3.49. The molecule has 1 aromatic rings. The predicted molar refractivity (Wildman–Crippen MR) is 84.6 cm³/mol. The zero-order valence-corrected chi connectivity index (χ0v) is 14.1. The number of benzene rings is 1. The molecule has 0 radical (unpaired) electrons. The molecule has 1 aromatic carbocycles. The van der Waals surface area contributed by atoms with Gasteiger partial charge < -0.3 is 45.2 Å². The van der Waals surface area contributed by atoms with E-state index in [0.29, 0.717) is 12.8 Å². The minimum absolute atomic E-state index is 0.119. The molecule has 0 spiro atoms. The highest BCUT2D eigenvalue weighted by Gasteiger charge is 2.62. The molecule has 150 valence electrons. The lowest BCUT2D eigenvalue weighted by atomic mass is 9.90. The molecule has 2 aliphatic rings. The molecule has 1 unspecified atom stereocenters. The van der Waals surface area contributed by atoms with Crippen LogP contribution in [0.3, 0.4) is 0 Å². The van der Waals surface area contributed by atoms with Crippen LogP contribution in [-0.2, 0) is 4.79 Å². The van der Waals surface area contributed by atoms with Gasteiger partial charge in [0.15, 0.2) is 11.5 Å². The zero-order chi connectivity index (χ0) is 20.0. The van der Waals surface area contributed by atoms with E-state index in [4.69, 9.17) is 20.1 Å². The Bertz CT molecular complexity index is 720. The molecule has 11 nitrogen and oxygen atoms in total. The minimum Gasteiger partial charge on any atom is -0.487 e. The maximum Gasteiger partial charge on any atom is 0.453 e. The maximum absolute atomic E-state index is 11.6. The van der Waals surface area contributed by atoms with E-state index in [2.05, 4.69) is 4.74 Å². The second-order valence-corrected chi connectivity index (χ2v) is 6.75. The Kier molecular flexibility index (Phi) is 4.80. The predicted octanol–water partition coefficient (Wildman–Crippen LogP) is -2.49. The zero-order valence-electron chi connectivity index (χ0n) is 14.1. The van der Waals surface area contributed by atoms with Crippen LogP contribution in [0.4, 0.5) is 0 Å². The van der Waals surface area contributed by atoms with E-state index in [1.54, 1.807) is 5.32 Å². The summed E-state index contributed by atoms with van der Waals surface area (Å²) in [7, 11) is 0. The van der Waals surface area contributed by atoms with Crippen LogP contribution in [0, 0.1) is 0 Å². The van der Waals surface area contributed by atoms with Gasteiger partial charge in [-0.15, -0.1) is 0 Å². The van der Waals surface area contributed by atoms with Crippen molar-refractivity contribution in [1.29, 1.82) is 0 Å². The third-order valence-corrected chi connectivity index (χ3v) is 4.58. The van der Waals surface area contributed by atoms with Crippen LogP contribution in [0.2, 0.25) is 0 Å². The molecule has 27 heavy (non-hydrogen) atoms. The van der Waals surface area contributed by atoms with Gasteiger partial charge in [0.1, 0.15) is 5.92 Å². The molecule has 0 bridgehead atoms. The Morgan fingerprint density at radius 1 is 1.04 bits per heavy atom. The van der Waals surface area contributed by atoms with Gasteiger partial charge in [-0.3, -0.25) is 10.1 Å². The molecule has 1 saturated heterocycles. The number of hydrogen-bond donors (Lipinski definition) is 8. The van der Waals surface area contributed by atoms with Crippen molar-refractivity contribution < 1.29 is 50.0 Å². The fourth-order valence-electron chi connectivity index (χ4n) is 3.42. The fourth-order valence-corrected chi connectivity index (χ4v) is 3.42. The van der Waals surface area contributed by atoms with Crippen LogP contribution in [0.15, 0.2) is 18.2 Å². The third kappa shape index (κ3) is 3.99. The Morgan fingerprint density at radius 2 is 1.67 bits per heavy atom. The summed E-state index contributed by atoms with van der Waals surface area (Å²) in [5.74, 6) is -9.80. The monoisotopic (exact) mass is 387 g/mol. The van der Waals surface area contributed by atoms with Crippen molar-refractivity contribution in [1.82, 2.24) is 5.32 Å². The van der Waals surface area contributed by atoms with Crippen molar-refractivity contribution in [2.24, 2.45) is 0 Å². The molecular weight excluding hydrogens is 366 g/mol. The summed E-state index contributed by atoms with van der Waals surface area (Å²) in [6.45, 7) is 0. The third-order valence-electron chi connectivity index (χ3n) is 4.58. The molecule has 8 N–H and O–H groups in total. The molecule has 1 atom stereocenters. The lowest BCUT2D eigenvalue weighted by Crippen LogP contribution is -2.46. The first-order valence-corrected chi connectivity index (χ1v) is 8.29. The van der Waals surface area contributed by atoms with Gasteiger partial charge >= 0.3 is 6.16 Å². The molecule has 3 rings (SSSR count). The number of carbonyl (C=O) groups excluding carboxylic acids is 1. The van der Waals surface area contributed by atoms with Crippen molar-refractivity contribution in [3.63, 3.8) is 0 Å². The summed E-state index contributed by atoms with van der Waals surface area (Å²) in [5.41, 5.74) is -0.122. The second kappa shape index (κ2) is 6.56. The molecule has 1 heterocycles. The Morgan fingerprint density at radius 3 is 2.19 bits per heavy atom. The normalized spacial score (nSPS) is 24.7. The number of nitrogens with one attached hydrogen (secondary N) is 1. The van der Waals surface area contributed by atoms with Gasteiger partial charge in [0.05, 0.1) is 6.10 Å². The molecule has 2 fully saturated rings. The van der Waals surface area contributed by atoms with Crippen LogP contribution in [0.5, 0.6) is 11.5 Å². The largest absolute Gasteiger partial charge is 0.487 e. The van der Waals surface area contributed by atoms with E-state index in [1.165, 1.54) is 0 Å².